The Morgan fingerprint density at radius 2 is 1.69 bits per heavy atom. The van der Waals surface area contributed by atoms with E-state index < -0.39 is 0 Å². The van der Waals surface area contributed by atoms with Gasteiger partial charge in [-0.05, 0) is 55.0 Å². The van der Waals surface area contributed by atoms with Crippen molar-refractivity contribution < 1.29 is 18.8 Å². The maximum Gasteiger partial charge on any atom is 0.251 e. The Morgan fingerprint density at radius 3 is 2.44 bits per heavy atom. The number of carbonyl (C=O) groups is 3. The van der Waals surface area contributed by atoms with Crippen LogP contribution in [0.15, 0.2) is 65.3 Å². The Labute approximate surface area is 186 Å². The van der Waals surface area contributed by atoms with Gasteiger partial charge in [-0.3, -0.25) is 14.4 Å². The van der Waals surface area contributed by atoms with Crippen molar-refractivity contribution in [2.75, 3.05) is 22.5 Å². The van der Waals surface area contributed by atoms with Gasteiger partial charge < -0.3 is 25.7 Å². The first-order valence-electron chi connectivity index (χ1n) is 10.3. The molecule has 0 aliphatic carbocycles. The molecule has 1 aromatic heterocycles. The number of nitrogens with one attached hydrogen (secondary N) is 4. The van der Waals surface area contributed by atoms with Crippen LogP contribution in [0.1, 0.15) is 35.0 Å². The average molecular weight is 434 g/mol. The van der Waals surface area contributed by atoms with Gasteiger partial charge in [-0.15, -0.1) is 0 Å². The number of hydrogen-bond acceptors (Lipinski definition) is 5. The molecule has 0 saturated carbocycles. The van der Waals surface area contributed by atoms with Crippen LogP contribution in [0.2, 0.25) is 0 Å². The zero-order valence-electron chi connectivity index (χ0n) is 18.0. The largest absolute Gasteiger partial charge is 0.467 e. The minimum absolute atomic E-state index is 0.0287. The summed E-state index contributed by atoms with van der Waals surface area (Å²) in [6.45, 7) is 3.97. The molecule has 32 heavy (non-hydrogen) atoms. The van der Waals surface area contributed by atoms with Gasteiger partial charge in [0.05, 0.1) is 19.4 Å². The molecule has 3 amide bonds. The van der Waals surface area contributed by atoms with Crippen molar-refractivity contribution in [1.29, 1.82) is 0 Å². The van der Waals surface area contributed by atoms with Crippen molar-refractivity contribution in [2.24, 2.45) is 0 Å². The topological polar surface area (TPSA) is 112 Å². The van der Waals surface area contributed by atoms with Crippen molar-refractivity contribution >= 4 is 34.8 Å². The summed E-state index contributed by atoms with van der Waals surface area (Å²) < 4.78 is 5.20. The highest BCUT2D eigenvalue weighted by atomic mass is 16.3. The first kappa shape index (κ1) is 22.6. The van der Waals surface area contributed by atoms with Gasteiger partial charge in [0.1, 0.15) is 5.76 Å². The monoisotopic (exact) mass is 434 g/mol. The molecule has 0 spiro atoms. The second-order valence-corrected chi connectivity index (χ2v) is 7.12. The van der Waals surface area contributed by atoms with Gasteiger partial charge in [-0.1, -0.05) is 19.1 Å². The van der Waals surface area contributed by atoms with E-state index in [0.717, 1.165) is 11.3 Å². The molecular formula is C24H26N4O4. The molecule has 0 bridgehead atoms. The number of amides is 3. The Bertz CT molecular complexity index is 1090. The van der Waals surface area contributed by atoms with Crippen LogP contribution < -0.4 is 21.3 Å². The predicted molar refractivity (Wildman–Crippen MR) is 124 cm³/mol. The second kappa shape index (κ2) is 10.8. The highest BCUT2D eigenvalue weighted by Crippen LogP contribution is 2.23. The zero-order valence-corrected chi connectivity index (χ0v) is 18.0. The number of benzene rings is 2. The Kier molecular flexibility index (Phi) is 7.64. The Morgan fingerprint density at radius 1 is 0.906 bits per heavy atom. The highest BCUT2D eigenvalue weighted by Gasteiger charge is 2.10. The van der Waals surface area contributed by atoms with Crippen LogP contribution in [-0.2, 0) is 16.1 Å². The molecule has 0 unspecified atom stereocenters. The summed E-state index contributed by atoms with van der Waals surface area (Å²) in [4.78, 5) is 36.4. The lowest BCUT2D eigenvalue weighted by Crippen LogP contribution is -2.24. The standard InChI is InChI=1S/C24H26N4O4/c1-3-22(29)28-21-11-5-10-20(16(21)2)25-15-23(30)27-18-8-4-7-17(13-18)24(31)26-14-19-9-6-12-32-19/h4-13,25H,3,14-15H2,1-2H3,(H,26,31)(H,27,30)(H,28,29). The molecule has 166 valence electrons. The highest BCUT2D eigenvalue weighted by molar-refractivity contribution is 5.98. The van der Waals surface area contributed by atoms with Gasteiger partial charge in [-0.25, -0.2) is 0 Å². The summed E-state index contributed by atoms with van der Waals surface area (Å²) >= 11 is 0. The van der Waals surface area contributed by atoms with E-state index in [4.69, 9.17) is 4.42 Å². The summed E-state index contributed by atoms with van der Waals surface area (Å²) in [6.07, 6.45) is 1.93. The van der Waals surface area contributed by atoms with E-state index in [2.05, 4.69) is 21.3 Å². The van der Waals surface area contributed by atoms with Gasteiger partial charge in [0.2, 0.25) is 11.8 Å². The summed E-state index contributed by atoms with van der Waals surface area (Å²) in [6, 6.07) is 15.7. The molecule has 0 aliphatic rings. The molecule has 8 nitrogen and oxygen atoms in total. The molecular weight excluding hydrogens is 408 g/mol. The second-order valence-electron chi connectivity index (χ2n) is 7.12. The lowest BCUT2D eigenvalue weighted by Gasteiger charge is -2.14. The van der Waals surface area contributed by atoms with Crippen LogP contribution in [0.3, 0.4) is 0 Å². The van der Waals surface area contributed by atoms with Gasteiger partial charge in [0, 0.05) is 29.0 Å². The third kappa shape index (κ3) is 6.21. The van der Waals surface area contributed by atoms with Crippen molar-refractivity contribution in [1.82, 2.24) is 5.32 Å². The Balaban J connectivity index is 1.55. The maximum absolute atomic E-state index is 12.4. The molecule has 3 rings (SSSR count). The van der Waals surface area contributed by atoms with E-state index in [1.54, 1.807) is 49.6 Å². The average Bonchev–Trinajstić information content (AvgIpc) is 3.32. The van der Waals surface area contributed by atoms with Crippen LogP contribution in [-0.4, -0.2) is 24.3 Å². The van der Waals surface area contributed by atoms with Crippen LogP contribution in [0.5, 0.6) is 0 Å². The lowest BCUT2D eigenvalue weighted by atomic mass is 10.1. The normalized spacial score (nSPS) is 10.3. The molecule has 4 N–H and O–H groups in total. The third-order valence-corrected chi connectivity index (χ3v) is 4.78. The van der Waals surface area contributed by atoms with Gasteiger partial charge in [0.25, 0.3) is 5.91 Å². The number of hydrogen-bond donors (Lipinski definition) is 4. The van der Waals surface area contributed by atoms with Gasteiger partial charge in [-0.2, -0.15) is 0 Å². The van der Waals surface area contributed by atoms with Gasteiger partial charge >= 0.3 is 0 Å². The molecule has 0 saturated heterocycles. The third-order valence-electron chi connectivity index (χ3n) is 4.78. The van der Waals surface area contributed by atoms with E-state index in [1.165, 1.54) is 0 Å². The fourth-order valence-corrected chi connectivity index (χ4v) is 3.00. The molecule has 2 aromatic carbocycles. The summed E-state index contributed by atoms with van der Waals surface area (Å²) in [5.41, 5.74) is 3.24. The molecule has 0 aliphatic heterocycles. The minimum atomic E-state index is -0.266. The van der Waals surface area contributed by atoms with Crippen LogP contribution in [0, 0.1) is 6.92 Å². The fourth-order valence-electron chi connectivity index (χ4n) is 3.00. The summed E-state index contributed by atoms with van der Waals surface area (Å²) in [5, 5.41) is 11.5. The predicted octanol–water partition coefficient (Wildman–Crippen LogP) is 3.92. The smallest absolute Gasteiger partial charge is 0.251 e. The van der Waals surface area contributed by atoms with E-state index in [9.17, 15) is 14.4 Å². The number of anilines is 3. The zero-order chi connectivity index (χ0) is 22.9. The van der Waals surface area contributed by atoms with Crippen molar-refractivity contribution in [3.63, 3.8) is 0 Å². The van der Waals surface area contributed by atoms with E-state index in [-0.39, 0.29) is 30.8 Å². The molecule has 3 aromatic rings. The molecule has 8 heteroatoms. The van der Waals surface area contributed by atoms with Gasteiger partial charge in [0.15, 0.2) is 0 Å². The lowest BCUT2D eigenvalue weighted by molar-refractivity contribution is -0.116. The molecule has 0 radical (unpaired) electrons. The van der Waals surface area contributed by atoms with Crippen molar-refractivity contribution in [3.05, 3.63) is 77.7 Å². The van der Waals surface area contributed by atoms with Crippen LogP contribution in [0.25, 0.3) is 0 Å². The van der Waals surface area contributed by atoms with E-state index in [1.807, 2.05) is 25.1 Å². The van der Waals surface area contributed by atoms with E-state index >= 15 is 0 Å². The van der Waals surface area contributed by atoms with E-state index in [0.29, 0.717) is 29.1 Å². The number of rotatable bonds is 9. The number of furan rings is 1. The summed E-state index contributed by atoms with van der Waals surface area (Å²) in [7, 11) is 0. The minimum Gasteiger partial charge on any atom is -0.467 e. The SMILES string of the molecule is CCC(=O)Nc1cccc(NCC(=O)Nc2cccc(C(=O)NCc3ccco3)c2)c1C. The quantitative estimate of drug-likeness (QED) is 0.408. The Hall–Kier alpha value is -4.07. The van der Waals surface area contributed by atoms with Crippen molar-refractivity contribution in [2.45, 2.75) is 26.8 Å². The first-order chi connectivity index (χ1) is 15.5. The maximum atomic E-state index is 12.4. The number of carbonyl (C=O) groups excluding carboxylic acids is 3. The molecule has 0 atom stereocenters. The van der Waals surface area contributed by atoms with Crippen molar-refractivity contribution in [3.8, 4) is 0 Å². The van der Waals surface area contributed by atoms with Crippen LogP contribution >= 0.6 is 0 Å². The first-order valence-corrected chi connectivity index (χ1v) is 10.3. The molecule has 1 heterocycles. The molecule has 0 fully saturated rings. The summed E-state index contributed by atoms with van der Waals surface area (Å²) in [5.74, 6) is 0.0521. The van der Waals surface area contributed by atoms with Crippen LogP contribution in [0.4, 0.5) is 17.1 Å². The fraction of sp³-hybridized carbons (Fsp3) is 0.208.